The fourth-order valence-corrected chi connectivity index (χ4v) is 2.60. The van der Waals surface area contributed by atoms with Crippen molar-refractivity contribution in [3.8, 4) is 0 Å². The second kappa shape index (κ2) is 6.48. The highest BCUT2D eigenvalue weighted by atomic mass is 35.5. The molecule has 0 aromatic heterocycles. The summed E-state index contributed by atoms with van der Waals surface area (Å²) < 4.78 is 0. The SMILES string of the molecule is CCC1(C)NC(=O)CCN(CCc2ccc(Cl)cc2)C1=O. The van der Waals surface area contributed by atoms with Crippen LogP contribution in [0, 0.1) is 0 Å². The predicted octanol–water partition coefficient (Wildman–Crippen LogP) is 2.40. The second-order valence-corrected chi connectivity index (χ2v) is 6.09. The van der Waals surface area contributed by atoms with Crippen LogP contribution in [0.25, 0.3) is 0 Å². The quantitative estimate of drug-likeness (QED) is 0.928. The van der Waals surface area contributed by atoms with E-state index < -0.39 is 5.54 Å². The van der Waals surface area contributed by atoms with Crippen molar-refractivity contribution in [1.29, 1.82) is 0 Å². The maximum absolute atomic E-state index is 12.6. The van der Waals surface area contributed by atoms with Crippen molar-refractivity contribution in [2.45, 2.75) is 38.6 Å². The molecule has 1 heterocycles. The van der Waals surface area contributed by atoms with Crippen LogP contribution in [0.5, 0.6) is 0 Å². The van der Waals surface area contributed by atoms with Gasteiger partial charge in [-0.2, -0.15) is 0 Å². The average Bonchev–Trinajstić information content (AvgIpc) is 2.58. The molecule has 1 atom stereocenters. The topological polar surface area (TPSA) is 49.4 Å². The van der Waals surface area contributed by atoms with Gasteiger partial charge in [0.15, 0.2) is 0 Å². The Morgan fingerprint density at radius 1 is 1.29 bits per heavy atom. The van der Waals surface area contributed by atoms with Crippen LogP contribution in [0.4, 0.5) is 0 Å². The van der Waals surface area contributed by atoms with Gasteiger partial charge in [-0.05, 0) is 37.5 Å². The van der Waals surface area contributed by atoms with Crippen molar-refractivity contribution in [3.63, 3.8) is 0 Å². The third-order valence-corrected chi connectivity index (χ3v) is 4.33. The summed E-state index contributed by atoms with van der Waals surface area (Å²) in [5.41, 5.74) is 0.349. The molecule has 0 aliphatic carbocycles. The van der Waals surface area contributed by atoms with E-state index in [4.69, 9.17) is 11.6 Å². The van der Waals surface area contributed by atoms with E-state index in [0.29, 0.717) is 31.0 Å². The number of nitrogens with one attached hydrogen (secondary N) is 1. The van der Waals surface area contributed by atoms with Gasteiger partial charge in [0.05, 0.1) is 0 Å². The second-order valence-electron chi connectivity index (χ2n) is 5.65. The summed E-state index contributed by atoms with van der Waals surface area (Å²) in [6.45, 7) is 4.81. The smallest absolute Gasteiger partial charge is 0.248 e. The molecule has 5 heteroatoms. The summed E-state index contributed by atoms with van der Waals surface area (Å²) in [6, 6.07) is 7.63. The van der Waals surface area contributed by atoms with E-state index in [1.807, 2.05) is 31.2 Å². The molecule has 1 aromatic carbocycles. The molecule has 114 valence electrons. The molecule has 1 aliphatic rings. The van der Waals surface area contributed by atoms with Crippen LogP contribution in [-0.4, -0.2) is 35.3 Å². The monoisotopic (exact) mass is 308 g/mol. The largest absolute Gasteiger partial charge is 0.342 e. The molecule has 1 unspecified atom stereocenters. The van der Waals surface area contributed by atoms with Crippen LogP contribution in [0.15, 0.2) is 24.3 Å². The molecular formula is C16H21ClN2O2. The highest BCUT2D eigenvalue weighted by molar-refractivity contribution is 6.30. The minimum atomic E-state index is -0.784. The van der Waals surface area contributed by atoms with E-state index in [2.05, 4.69) is 5.32 Å². The number of amides is 2. The van der Waals surface area contributed by atoms with Crippen molar-refractivity contribution in [3.05, 3.63) is 34.9 Å². The van der Waals surface area contributed by atoms with Crippen LogP contribution in [-0.2, 0) is 16.0 Å². The Morgan fingerprint density at radius 2 is 1.95 bits per heavy atom. The molecule has 0 radical (unpaired) electrons. The van der Waals surface area contributed by atoms with Crippen LogP contribution in [0.1, 0.15) is 32.3 Å². The number of halogens is 1. The Hall–Kier alpha value is -1.55. The lowest BCUT2D eigenvalue weighted by Crippen LogP contribution is -2.54. The third-order valence-electron chi connectivity index (χ3n) is 4.07. The fraction of sp³-hybridized carbons (Fsp3) is 0.500. The Morgan fingerprint density at radius 3 is 2.57 bits per heavy atom. The van der Waals surface area contributed by atoms with Gasteiger partial charge in [-0.1, -0.05) is 30.7 Å². The number of benzene rings is 1. The average molecular weight is 309 g/mol. The fourth-order valence-electron chi connectivity index (χ4n) is 2.48. The first-order valence-electron chi connectivity index (χ1n) is 7.29. The number of carbonyl (C=O) groups is 2. The molecule has 0 bridgehead atoms. The summed E-state index contributed by atoms with van der Waals surface area (Å²) in [5.74, 6) is -0.0495. The summed E-state index contributed by atoms with van der Waals surface area (Å²) >= 11 is 5.87. The van der Waals surface area contributed by atoms with Gasteiger partial charge >= 0.3 is 0 Å². The highest BCUT2D eigenvalue weighted by Crippen LogP contribution is 2.18. The highest BCUT2D eigenvalue weighted by Gasteiger charge is 2.38. The minimum absolute atomic E-state index is 0.00446. The molecule has 0 spiro atoms. The Bertz CT molecular complexity index is 530. The first kappa shape index (κ1) is 15.8. The zero-order valence-corrected chi connectivity index (χ0v) is 13.2. The van der Waals surface area contributed by atoms with Gasteiger partial charge in [-0.3, -0.25) is 9.59 Å². The maximum atomic E-state index is 12.6. The zero-order chi connectivity index (χ0) is 15.5. The molecule has 1 saturated heterocycles. The molecule has 21 heavy (non-hydrogen) atoms. The van der Waals surface area contributed by atoms with Gasteiger partial charge in [-0.15, -0.1) is 0 Å². The van der Waals surface area contributed by atoms with Gasteiger partial charge in [0.25, 0.3) is 0 Å². The molecule has 0 saturated carbocycles. The van der Waals surface area contributed by atoms with Gasteiger partial charge in [-0.25, -0.2) is 0 Å². The van der Waals surface area contributed by atoms with E-state index in [1.165, 1.54) is 0 Å². The standard InChI is InChI=1S/C16H21ClN2O2/c1-3-16(2)15(21)19(11-9-14(20)18-16)10-8-12-4-6-13(17)7-5-12/h4-7H,3,8-11H2,1-2H3,(H,18,20). The minimum Gasteiger partial charge on any atom is -0.342 e. The molecular weight excluding hydrogens is 288 g/mol. The Balaban J connectivity index is 2.05. The lowest BCUT2D eigenvalue weighted by atomic mass is 9.97. The maximum Gasteiger partial charge on any atom is 0.248 e. The summed E-state index contributed by atoms with van der Waals surface area (Å²) in [6.07, 6.45) is 1.72. The molecule has 1 aromatic rings. The van der Waals surface area contributed by atoms with Crippen LogP contribution >= 0.6 is 11.6 Å². The van der Waals surface area contributed by atoms with E-state index >= 15 is 0 Å². The molecule has 4 nitrogen and oxygen atoms in total. The number of hydrogen-bond donors (Lipinski definition) is 1. The van der Waals surface area contributed by atoms with Crippen molar-refractivity contribution >= 4 is 23.4 Å². The van der Waals surface area contributed by atoms with E-state index in [9.17, 15) is 9.59 Å². The normalized spacial score (nSPS) is 22.9. The van der Waals surface area contributed by atoms with Crippen molar-refractivity contribution < 1.29 is 9.59 Å². The summed E-state index contributed by atoms with van der Waals surface area (Å²) in [7, 11) is 0. The Labute approximate surface area is 130 Å². The predicted molar refractivity (Wildman–Crippen MR) is 83.2 cm³/mol. The molecule has 2 amide bonds. The summed E-state index contributed by atoms with van der Waals surface area (Å²) in [4.78, 5) is 26.2. The van der Waals surface area contributed by atoms with E-state index in [1.54, 1.807) is 11.8 Å². The van der Waals surface area contributed by atoms with Crippen LogP contribution in [0.2, 0.25) is 5.02 Å². The van der Waals surface area contributed by atoms with E-state index in [0.717, 1.165) is 12.0 Å². The third kappa shape index (κ3) is 3.76. The van der Waals surface area contributed by atoms with Crippen molar-refractivity contribution in [2.24, 2.45) is 0 Å². The van der Waals surface area contributed by atoms with Crippen molar-refractivity contribution in [1.82, 2.24) is 10.2 Å². The first-order valence-corrected chi connectivity index (χ1v) is 7.67. The van der Waals surface area contributed by atoms with Crippen molar-refractivity contribution in [2.75, 3.05) is 13.1 Å². The molecule has 1 aliphatic heterocycles. The van der Waals surface area contributed by atoms with Gasteiger partial charge in [0, 0.05) is 24.5 Å². The molecule has 2 rings (SSSR count). The molecule has 1 fully saturated rings. The van der Waals surface area contributed by atoms with Gasteiger partial charge < -0.3 is 10.2 Å². The first-order chi connectivity index (χ1) is 9.94. The summed E-state index contributed by atoms with van der Waals surface area (Å²) in [5, 5.41) is 3.55. The van der Waals surface area contributed by atoms with Gasteiger partial charge in [0.1, 0.15) is 5.54 Å². The zero-order valence-electron chi connectivity index (χ0n) is 12.5. The number of carbonyl (C=O) groups excluding carboxylic acids is 2. The van der Waals surface area contributed by atoms with Crippen LogP contribution in [0.3, 0.4) is 0 Å². The van der Waals surface area contributed by atoms with Gasteiger partial charge in [0.2, 0.25) is 11.8 Å². The number of nitrogens with zero attached hydrogens (tertiary/aromatic N) is 1. The number of rotatable bonds is 4. The Kier molecular flexibility index (Phi) is 4.88. The van der Waals surface area contributed by atoms with Crippen LogP contribution < -0.4 is 5.32 Å². The lowest BCUT2D eigenvalue weighted by Gasteiger charge is -2.31. The number of hydrogen-bond acceptors (Lipinski definition) is 2. The van der Waals surface area contributed by atoms with E-state index in [-0.39, 0.29) is 11.8 Å². The molecule has 1 N–H and O–H groups in total. The lowest BCUT2D eigenvalue weighted by molar-refractivity contribution is -0.138.